The van der Waals surface area contributed by atoms with E-state index in [1.807, 2.05) is 6.07 Å². The van der Waals surface area contributed by atoms with Gasteiger partial charge in [-0.05, 0) is 31.4 Å². The molecule has 21 heavy (non-hydrogen) atoms. The summed E-state index contributed by atoms with van der Waals surface area (Å²) in [4.78, 5) is 25.6. The molecule has 6 heteroatoms. The predicted molar refractivity (Wildman–Crippen MR) is 82.5 cm³/mol. The summed E-state index contributed by atoms with van der Waals surface area (Å²) < 4.78 is 0. The fraction of sp³-hybridized carbons (Fsp3) is 0.600. The molecule has 3 N–H and O–H groups in total. The van der Waals surface area contributed by atoms with Crippen LogP contribution in [0.25, 0.3) is 0 Å². The van der Waals surface area contributed by atoms with Gasteiger partial charge in [0.25, 0.3) is 0 Å². The van der Waals surface area contributed by atoms with E-state index in [2.05, 4.69) is 23.6 Å². The van der Waals surface area contributed by atoms with Gasteiger partial charge in [0.05, 0.1) is 12.0 Å². The molecule has 0 bridgehead atoms. The molecule has 0 unspecified atom stereocenters. The Hall–Kier alpha value is -1.56. The summed E-state index contributed by atoms with van der Waals surface area (Å²) in [5.74, 6) is -0.800. The minimum Gasteiger partial charge on any atom is -0.481 e. The molecule has 1 aliphatic carbocycles. The molecule has 0 radical (unpaired) electrons. The van der Waals surface area contributed by atoms with Gasteiger partial charge in [0.2, 0.25) is 0 Å². The highest BCUT2D eigenvalue weighted by Crippen LogP contribution is 2.37. The van der Waals surface area contributed by atoms with Crippen LogP contribution in [0.2, 0.25) is 0 Å². The number of carboxylic acids is 1. The number of carboxylic acid groups (broad SMARTS) is 1. The van der Waals surface area contributed by atoms with Gasteiger partial charge >= 0.3 is 12.0 Å². The first-order chi connectivity index (χ1) is 10.1. The smallest absolute Gasteiger partial charge is 0.315 e. The number of hydrogen-bond donors (Lipinski definition) is 3. The van der Waals surface area contributed by atoms with E-state index in [1.54, 1.807) is 11.3 Å². The van der Waals surface area contributed by atoms with Crippen molar-refractivity contribution in [1.29, 1.82) is 0 Å². The Morgan fingerprint density at radius 3 is 2.48 bits per heavy atom. The average molecular weight is 310 g/mol. The lowest BCUT2D eigenvalue weighted by atomic mass is 9.86. The van der Waals surface area contributed by atoms with Crippen molar-refractivity contribution in [2.45, 2.75) is 45.6 Å². The lowest BCUT2D eigenvalue weighted by Crippen LogP contribution is -2.44. The van der Waals surface area contributed by atoms with Crippen molar-refractivity contribution in [3.05, 3.63) is 21.9 Å². The van der Waals surface area contributed by atoms with Crippen LogP contribution in [0.1, 0.15) is 42.4 Å². The highest BCUT2D eigenvalue weighted by molar-refractivity contribution is 7.11. The minimum atomic E-state index is -0.800. The fourth-order valence-corrected chi connectivity index (χ4v) is 3.60. The third-order valence-electron chi connectivity index (χ3n) is 4.09. The van der Waals surface area contributed by atoms with Gasteiger partial charge in [0.15, 0.2) is 0 Å². The van der Waals surface area contributed by atoms with Gasteiger partial charge in [-0.3, -0.25) is 4.79 Å². The molecule has 1 heterocycles. The van der Waals surface area contributed by atoms with Crippen LogP contribution in [-0.4, -0.2) is 23.7 Å². The third kappa shape index (κ3) is 3.97. The average Bonchev–Trinajstić information content (AvgIpc) is 3.12. The number of carbonyl (C=O) groups excluding carboxylic acids is 1. The molecule has 5 nitrogen and oxygen atoms in total. The summed E-state index contributed by atoms with van der Waals surface area (Å²) in [6, 6.07) is 3.78. The van der Waals surface area contributed by atoms with E-state index >= 15 is 0 Å². The van der Waals surface area contributed by atoms with Crippen LogP contribution in [0.4, 0.5) is 4.79 Å². The molecule has 1 aliphatic rings. The van der Waals surface area contributed by atoms with Crippen molar-refractivity contribution in [2.24, 2.45) is 5.41 Å². The van der Waals surface area contributed by atoms with Crippen LogP contribution in [0.3, 0.4) is 0 Å². The van der Waals surface area contributed by atoms with Crippen molar-refractivity contribution in [2.75, 3.05) is 6.54 Å². The molecule has 116 valence electrons. The number of thiophene rings is 1. The number of aryl methyl sites for hydroxylation is 1. The Kier molecular flexibility index (Phi) is 5.22. The first-order valence-electron chi connectivity index (χ1n) is 7.38. The Morgan fingerprint density at radius 1 is 1.24 bits per heavy atom. The van der Waals surface area contributed by atoms with Crippen LogP contribution < -0.4 is 10.6 Å². The number of amides is 2. The number of nitrogens with one attached hydrogen (secondary N) is 2. The molecule has 0 saturated heterocycles. The van der Waals surface area contributed by atoms with E-state index in [0.29, 0.717) is 19.4 Å². The lowest BCUT2D eigenvalue weighted by molar-refractivity contribution is -0.148. The van der Waals surface area contributed by atoms with E-state index in [0.717, 1.165) is 24.1 Å². The summed E-state index contributed by atoms with van der Waals surface area (Å²) >= 11 is 1.69. The van der Waals surface area contributed by atoms with E-state index in [-0.39, 0.29) is 12.6 Å². The maximum absolute atomic E-state index is 11.8. The maximum Gasteiger partial charge on any atom is 0.315 e. The third-order valence-corrected chi connectivity index (χ3v) is 5.32. The van der Waals surface area contributed by atoms with Gasteiger partial charge in [0, 0.05) is 16.3 Å². The Balaban J connectivity index is 1.78. The van der Waals surface area contributed by atoms with Gasteiger partial charge in [-0.25, -0.2) is 4.79 Å². The summed E-state index contributed by atoms with van der Waals surface area (Å²) in [5.41, 5.74) is -0.768. The first-order valence-corrected chi connectivity index (χ1v) is 8.20. The summed E-state index contributed by atoms with van der Waals surface area (Å²) in [6.45, 7) is 2.79. The quantitative estimate of drug-likeness (QED) is 0.756. The summed E-state index contributed by atoms with van der Waals surface area (Å²) in [7, 11) is 0. The number of hydrogen-bond acceptors (Lipinski definition) is 3. The number of aliphatic carboxylic acids is 1. The van der Waals surface area contributed by atoms with Crippen LogP contribution in [0.15, 0.2) is 12.1 Å². The van der Waals surface area contributed by atoms with Gasteiger partial charge in [-0.2, -0.15) is 0 Å². The van der Waals surface area contributed by atoms with Crippen molar-refractivity contribution in [3.63, 3.8) is 0 Å². The van der Waals surface area contributed by atoms with Crippen LogP contribution >= 0.6 is 11.3 Å². The molecular formula is C15H22N2O3S. The van der Waals surface area contributed by atoms with Gasteiger partial charge in [0.1, 0.15) is 0 Å². The second-order valence-corrected chi connectivity index (χ2v) is 6.80. The van der Waals surface area contributed by atoms with Crippen LogP contribution in [0, 0.1) is 5.41 Å². The predicted octanol–water partition coefficient (Wildman–Crippen LogP) is 2.75. The van der Waals surface area contributed by atoms with Crippen molar-refractivity contribution in [3.8, 4) is 0 Å². The van der Waals surface area contributed by atoms with Crippen LogP contribution in [-0.2, 0) is 17.8 Å². The Morgan fingerprint density at radius 2 is 1.90 bits per heavy atom. The zero-order valence-electron chi connectivity index (χ0n) is 12.3. The Bertz CT molecular complexity index is 507. The van der Waals surface area contributed by atoms with E-state index in [9.17, 15) is 14.7 Å². The fourth-order valence-electron chi connectivity index (χ4n) is 2.70. The van der Waals surface area contributed by atoms with E-state index in [1.165, 1.54) is 4.88 Å². The number of urea groups is 1. The number of rotatable bonds is 6. The zero-order valence-corrected chi connectivity index (χ0v) is 13.1. The molecule has 0 atom stereocenters. The topological polar surface area (TPSA) is 78.4 Å². The zero-order chi connectivity index (χ0) is 15.3. The first kappa shape index (κ1) is 15.8. The second-order valence-electron chi connectivity index (χ2n) is 5.55. The van der Waals surface area contributed by atoms with Gasteiger partial charge < -0.3 is 15.7 Å². The molecule has 1 aromatic heterocycles. The molecule has 1 aromatic rings. The van der Waals surface area contributed by atoms with Crippen molar-refractivity contribution >= 4 is 23.3 Å². The standard InChI is InChI=1S/C15H22N2O3S/c1-2-11-5-6-12(21-11)9-16-14(20)17-10-15(13(18)19)7-3-4-8-15/h5-6H,2-4,7-10H2,1H3,(H,18,19)(H2,16,17,20). The molecule has 0 spiro atoms. The lowest BCUT2D eigenvalue weighted by Gasteiger charge is -2.23. The van der Waals surface area contributed by atoms with E-state index < -0.39 is 11.4 Å². The molecule has 0 aromatic carbocycles. The van der Waals surface area contributed by atoms with Gasteiger partial charge in [-0.15, -0.1) is 11.3 Å². The molecule has 1 saturated carbocycles. The van der Waals surface area contributed by atoms with E-state index in [4.69, 9.17) is 0 Å². The maximum atomic E-state index is 11.8. The molecule has 1 fully saturated rings. The minimum absolute atomic E-state index is 0.207. The molecule has 2 amide bonds. The molecular weight excluding hydrogens is 288 g/mol. The molecule has 2 rings (SSSR count). The second kappa shape index (κ2) is 6.93. The highest BCUT2D eigenvalue weighted by Gasteiger charge is 2.41. The monoisotopic (exact) mass is 310 g/mol. The normalized spacial score (nSPS) is 16.6. The highest BCUT2D eigenvalue weighted by atomic mass is 32.1. The van der Waals surface area contributed by atoms with Gasteiger partial charge in [-0.1, -0.05) is 19.8 Å². The van der Waals surface area contributed by atoms with Crippen molar-refractivity contribution in [1.82, 2.24) is 10.6 Å². The SMILES string of the molecule is CCc1ccc(CNC(=O)NCC2(C(=O)O)CCCC2)s1. The Labute approximate surface area is 128 Å². The molecule has 0 aliphatic heterocycles. The summed E-state index contributed by atoms with van der Waals surface area (Å²) in [5, 5.41) is 14.8. The largest absolute Gasteiger partial charge is 0.481 e. The van der Waals surface area contributed by atoms with Crippen molar-refractivity contribution < 1.29 is 14.7 Å². The summed E-state index contributed by atoms with van der Waals surface area (Å²) in [6.07, 6.45) is 4.13. The number of carbonyl (C=O) groups is 2. The van der Waals surface area contributed by atoms with Crippen LogP contribution in [0.5, 0.6) is 0 Å².